The van der Waals surface area contributed by atoms with Crippen molar-refractivity contribution in [1.82, 2.24) is 5.32 Å². The van der Waals surface area contributed by atoms with Gasteiger partial charge in [0, 0.05) is 0 Å². The number of urea groups is 1. The first-order valence-corrected chi connectivity index (χ1v) is 8.88. The van der Waals surface area contributed by atoms with Gasteiger partial charge in [-0.1, -0.05) is 17.7 Å². The summed E-state index contributed by atoms with van der Waals surface area (Å²) in [6.45, 7) is 1.39. The monoisotopic (exact) mass is 373 g/mol. The Bertz CT molecular complexity index is 612. The standard InChI is InChI=1S/C15H20ClN3O4S/c1-9-3-4-11(10(16)7-9)18-13(20)8-23-14(21)12(5-6-24-2)19-15(17)22/h3-4,7,12H,5-6,8H2,1-2H3,(H,18,20)(H3,17,19,22)/t12-/m0/s1. The summed E-state index contributed by atoms with van der Waals surface area (Å²) < 4.78 is 4.93. The minimum absolute atomic E-state index is 0.356. The van der Waals surface area contributed by atoms with E-state index < -0.39 is 30.6 Å². The van der Waals surface area contributed by atoms with Crippen molar-refractivity contribution < 1.29 is 19.1 Å². The van der Waals surface area contributed by atoms with E-state index in [1.807, 2.05) is 13.2 Å². The normalized spacial score (nSPS) is 11.5. The molecule has 3 amide bonds. The van der Waals surface area contributed by atoms with Crippen LogP contribution in [0.2, 0.25) is 5.02 Å². The van der Waals surface area contributed by atoms with Gasteiger partial charge in [0.25, 0.3) is 5.91 Å². The first-order chi connectivity index (χ1) is 11.3. The third kappa shape index (κ3) is 7.10. The first kappa shape index (κ1) is 20.1. The SMILES string of the molecule is CSCC[C@H](NC(N)=O)C(=O)OCC(=O)Nc1ccc(C)cc1Cl. The number of anilines is 1. The second-order valence-electron chi connectivity index (χ2n) is 4.98. The quantitative estimate of drug-likeness (QED) is 0.603. The smallest absolute Gasteiger partial charge is 0.329 e. The zero-order valence-corrected chi connectivity index (χ0v) is 15.0. The average Bonchev–Trinajstić information content (AvgIpc) is 2.51. The zero-order chi connectivity index (χ0) is 18.1. The van der Waals surface area contributed by atoms with E-state index in [-0.39, 0.29) is 0 Å². The van der Waals surface area contributed by atoms with E-state index in [1.54, 1.807) is 18.2 Å². The van der Waals surface area contributed by atoms with Crippen molar-refractivity contribution in [3.8, 4) is 0 Å². The van der Waals surface area contributed by atoms with Gasteiger partial charge in [0.1, 0.15) is 6.04 Å². The number of hydrogen-bond acceptors (Lipinski definition) is 5. The van der Waals surface area contributed by atoms with Crippen LogP contribution in [0.4, 0.5) is 10.5 Å². The number of hydrogen-bond donors (Lipinski definition) is 3. The fourth-order valence-electron chi connectivity index (χ4n) is 1.80. The van der Waals surface area contributed by atoms with Crippen molar-refractivity contribution in [1.29, 1.82) is 0 Å². The molecule has 1 rings (SSSR count). The van der Waals surface area contributed by atoms with E-state index in [0.29, 0.717) is 22.9 Å². The lowest BCUT2D eigenvalue weighted by Crippen LogP contribution is -2.45. The maximum Gasteiger partial charge on any atom is 0.329 e. The van der Waals surface area contributed by atoms with Gasteiger partial charge in [-0.25, -0.2) is 9.59 Å². The van der Waals surface area contributed by atoms with E-state index in [4.69, 9.17) is 22.1 Å². The molecular formula is C15H20ClN3O4S. The van der Waals surface area contributed by atoms with Gasteiger partial charge in [-0.2, -0.15) is 11.8 Å². The van der Waals surface area contributed by atoms with Crippen molar-refractivity contribution in [2.24, 2.45) is 5.73 Å². The number of esters is 1. The summed E-state index contributed by atoms with van der Waals surface area (Å²) in [6.07, 6.45) is 2.22. The van der Waals surface area contributed by atoms with E-state index in [1.165, 1.54) is 11.8 Å². The van der Waals surface area contributed by atoms with Crippen LogP contribution in [-0.4, -0.2) is 42.6 Å². The molecule has 0 saturated heterocycles. The van der Waals surface area contributed by atoms with Gasteiger partial charge in [-0.3, -0.25) is 4.79 Å². The molecule has 1 aromatic carbocycles. The molecule has 1 atom stereocenters. The van der Waals surface area contributed by atoms with Gasteiger partial charge in [0.2, 0.25) is 0 Å². The molecule has 0 bridgehead atoms. The summed E-state index contributed by atoms with van der Waals surface area (Å²) in [5.74, 6) is -0.615. The van der Waals surface area contributed by atoms with Crippen molar-refractivity contribution in [3.63, 3.8) is 0 Å². The molecule has 9 heteroatoms. The topological polar surface area (TPSA) is 111 Å². The number of aryl methyl sites for hydroxylation is 1. The van der Waals surface area contributed by atoms with Crippen LogP contribution in [0.1, 0.15) is 12.0 Å². The Labute approximate surface area is 149 Å². The number of nitrogens with one attached hydrogen (secondary N) is 2. The molecule has 7 nitrogen and oxygen atoms in total. The van der Waals surface area contributed by atoms with Crippen LogP contribution < -0.4 is 16.4 Å². The molecule has 0 aliphatic carbocycles. The number of carbonyl (C=O) groups excluding carboxylic acids is 3. The molecule has 0 saturated carbocycles. The number of halogens is 1. The zero-order valence-electron chi connectivity index (χ0n) is 13.4. The number of rotatable bonds is 8. The maximum absolute atomic E-state index is 11.9. The molecule has 0 aromatic heterocycles. The molecule has 132 valence electrons. The van der Waals surface area contributed by atoms with Gasteiger partial charge in [-0.15, -0.1) is 0 Å². The highest BCUT2D eigenvalue weighted by atomic mass is 35.5. The Morgan fingerprint density at radius 2 is 2.08 bits per heavy atom. The number of thioether (sulfide) groups is 1. The third-order valence-electron chi connectivity index (χ3n) is 2.96. The summed E-state index contributed by atoms with van der Waals surface area (Å²) in [5.41, 5.74) is 6.42. The number of carbonyl (C=O) groups is 3. The van der Waals surface area contributed by atoms with Crippen molar-refractivity contribution in [2.45, 2.75) is 19.4 Å². The Kier molecular flexibility index (Phi) is 8.42. The predicted molar refractivity (Wildman–Crippen MR) is 95.3 cm³/mol. The molecule has 1 aromatic rings. The Morgan fingerprint density at radius 3 is 2.67 bits per heavy atom. The summed E-state index contributed by atoms with van der Waals surface area (Å²) in [4.78, 5) is 34.7. The van der Waals surface area contributed by atoms with Gasteiger partial charge in [0.15, 0.2) is 6.61 Å². The number of primary amides is 1. The highest BCUT2D eigenvalue weighted by Gasteiger charge is 2.22. The largest absolute Gasteiger partial charge is 0.454 e. The fourth-order valence-corrected chi connectivity index (χ4v) is 2.56. The molecule has 24 heavy (non-hydrogen) atoms. The lowest BCUT2D eigenvalue weighted by molar-refractivity contribution is -0.149. The lowest BCUT2D eigenvalue weighted by Gasteiger charge is -2.16. The van der Waals surface area contributed by atoms with Gasteiger partial charge < -0.3 is 21.1 Å². The summed E-state index contributed by atoms with van der Waals surface area (Å²) in [5, 5.41) is 5.24. The number of ether oxygens (including phenoxy) is 1. The second kappa shape index (κ2) is 10.0. The highest BCUT2D eigenvalue weighted by Crippen LogP contribution is 2.22. The summed E-state index contributed by atoms with van der Waals surface area (Å²) in [7, 11) is 0. The highest BCUT2D eigenvalue weighted by molar-refractivity contribution is 7.98. The summed E-state index contributed by atoms with van der Waals surface area (Å²) >= 11 is 7.52. The molecule has 0 unspecified atom stereocenters. The minimum atomic E-state index is -0.884. The van der Waals surface area contributed by atoms with Crippen LogP contribution in [0.15, 0.2) is 18.2 Å². The van der Waals surface area contributed by atoms with Crippen molar-refractivity contribution in [2.75, 3.05) is 23.9 Å². The second-order valence-corrected chi connectivity index (χ2v) is 6.37. The van der Waals surface area contributed by atoms with Gasteiger partial charge in [0.05, 0.1) is 10.7 Å². The molecule has 0 heterocycles. The van der Waals surface area contributed by atoms with Crippen LogP contribution in [-0.2, 0) is 14.3 Å². The summed E-state index contributed by atoms with van der Waals surface area (Å²) in [6, 6.07) is 3.45. The molecule has 0 aliphatic heterocycles. The maximum atomic E-state index is 11.9. The first-order valence-electron chi connectivity index (χ1n) is 7.11. The van der Waals surface area contributed by atoms with Crippen LogP contribution in [0, 0.1) is 6.92 Å². The van der Waals surface area contributed by atoms with E-state index >= 15 is 0 Å². The van der Waals surface area contributed by atoms with Crippen LogP contribution in [0.25, 0.3) is 0 Å². The molecule has 0 fully saturated rings. The van der Waals surface area contributed by atoms with E-state index in [9.17, 15) is 14.4 Å². The Balaban J connectivity index is 2.54. The Morgan fingerprint density at radius 1 is 1.38 bits per heavy atom. The van der Waals surface area contributed by atoms with Gasteiger partial charge in [-0.05, 0) is 43.0 Å². The molecule has 0 spiro atoms. The van der Waals surface area contributed by atoms with Crippen molar-refractivity contribution in [3.05, 3.63) is 28.8 Å². The lowest BCUT2D eigenvalue weighted by atomic mass is 10.2. The van der Waals surface area contributed by atoms with E-state index in [2.05, 4.69) is 10.6 Å². The van der Waals surface area contributed by atoms with Crippen LogP contribution in [0.5, 0.6) is 0 Å². The molecular weight excluding hydrogens is 354 g/mol. The number of nitrogens with two attached hydrogens (primary N) is 1. The van der Waals surface area contributed by atoms with Crippen molar-refractivity contribution >= 4 is 47.0 Å². The van der Waals surface area contributed by atoms with Gasteiger partial charge >= 0.3 is 12.0 Å². The fraction of sp³-hybridized carbons (Fsp3) is 0.400. The number of benzene rings is 1. The van der Waals surface area contributed by atoms with Crippen LogP contribution >= 0.6 is 23.4 Å². The van der Waals surface area contributed by atoms with Crippen LogP contribution in [0.3, 0.4) is 0 Å². The third-order valence-corrected chi connectivity index (χ3v) is 3.91. The molecule has 0 radical (unpaired) electrons. The Hall–Kier alpha value is -1.93. The number of amides is 3. The average molecular weight is 374 g/mol. The minimum Gasteiger partial charge on any atom is -0.454 e. The van der Waals surface area contributed by atoms with E-state index in [0.717, 1.165) is 5.56 Å². The molecule has 4 N–H and O–H groups in total. The predicted octanol–water partition coefficient (Wildman–Crippen LogP) is 1.92. The molecule has 0 aliphatic rings.